The zero-order valence-electron chi connectivity index (χ0n) is 9.28. The van der Waals surface area contributed by atoms with Crippen LogP contribution in [0.4, 0.5) is 5.82 Å². The van der Waals surface area contributed by atoms with Gasteiger partial charge in [0.2, 0.25) is 0 Å². The number of anilines is 1. The first-order chi connectivity index (χ1) is 7.81. The van der Waals surface area contributed by atoms with Crippen molar-refractivity contribution < 1.29 is 9.47 Å². The van der Waals surface area contributed by atoms with E-state index in [2.05, 4.69) is 25.8 Å². The number of hydrogen-bond donors (Lipinski definition) is 0. The molecule has 0 bridgehead atoms. The molecule has 2 heterocycles. The van der Waals surface area contributed by atoms with Crippen molar-refractivity contribution in [1.29, 1.82) is 0 Å². The molecule has 2 rings (SSSR count). The number of aromatic nitrogens is 1. The monoisotopic (exact) mass is 286 g/mol. The summed E-state index contributed by atoms with van der Waals surface area (Å²) in [6.07, 6.45) is 0. The molecular formula is C11H15BrN2O2. The fourth-order valence-electron chi connectivity index (χ4n) is 1.68. The van der Waals surface area contributed by atoms with Gasteiger partial charge in [-0.05, 0) is 35.0 Å². The lowest BCUT2D eigenvalue weighted by molar-refractivity contribution is 0.122. The highest BCUT2D eigenvalue weighted by Gasteiger charge is 2.17. The van der Waals surface area contributed by atoms with Crippen LogP contribution in [0.1, 0.15) is 6.92 Å². The highest BCUT2D eigenvalue weighted by Crippen LogP contribution is 2.28. The minimum Gasteiger partial charge on any atom is -0.490 e. The Morgan fingerprint density at radius 3 is 2.88 bits per heavy atom. The maximum Gasteiger partial charge on any atom is 0.172 e. The van der Waals surface area contributed by atoms with Crippen LogP contribution in [-0.2, 0) is 4.74 Å². The maximum absolute atomic E-state index is 5.58. The largest absolute Gasteiger partial charge is 0.490 e. The van der Waals surface area contributed by atoms with E-state index in [1.807, 2.05) is 19.1 Å². The van der Waals surface area contributed by atoms with E-state index >= 15 is 0 Å². The number of rotatable bonds is 3. The van der Waals surface area contributed by atoms with Crippen molar-refractivity contribution in [2.75, 3.05) is 37.8 Å². The first-order valence-electron chi connectivity index (χ1n) is 5.43. The van der Waals surface area contributed by atoms with Crippen molar-refractivity contribution in [2.24, 2.45) is 0 Å². The number of pyridine rings is 1. The van der Waals surface area contributed by atoms with Gasteiger partial charge in [-0.3, -0.25) is 0 Å². The van der Waals surface area contributed by atoms with Crippen molar-refractivity contribution in [1.82, 2.24) is 4.98 Å². The third kappa shape index (κ3) is 2.65. The lowest BCUT2D eigenvalue weighted by Gasteiger charge is -2.29. The van der Waals surface area contributed by atoms with Crippen molar-refractivity contribution in [3.63, 3.8) is 0 Å². The molecule has 4 nitrogen and oxygen atoms in total. The summed E-state index contributed by atoms with van der Waals surface area (Å²) in [4.78, 5) is 6.67. The first kappa shape index (κ1) is 11.7. The average molecular weight is 287 g/mol. The van der Waals surface area contributed by atoms with E-state index in [1.54, 1.807) is 0 Å². The smallest absolute Gasteiger partial charge is 0.172 e. The lowest BCUT2D eigenvalue weighted by Crippen LogP contribution is -2.37. The Morgan fingerprint density at radius 2 is 2.19 bits per heavy atom. The van der Waals surface area contributed by atoms with Crippen LogP contribution in [0.25, 0.3) is 0 Å². The number of ether oxygens (including phenoxy) is 2. The van der Waals surface area contributed by atoms with Crippen LogP contribution < -0.4 is 9.64 Å². The molecule has 0 aliphatic carbocycles. The second-order valence-electron chi connectivity index (χ2n) is 3.49. The molecule has 0 aromatic carbocycles. The molecular weight excluding hydrogens is 272 g/mol. The predicted molar refractivity (Wildman–Crippen MR) is 66.1 cm³/mol. The molecule has 1 saturated heterocycles. The van der Waals surface area contributed by atoms with E-state index in [0.29, 0.717) is 6.61 Å². The normalized spacial score (nSPS) is 16.2. The Bertz CT molecular complexity index is 354. The molecule has 1 aromatic heterocycles. The van der Waals surface area contributed by atoms with E-state index in [4.69, 9.17) is 9.47 Å². The van der Waals surface area contributed by atoms with E-state index in [9.17, 15) is 0 Å². The van der Waals surface area contributed by atoms with Crippen molar-refractivity contribution in [3.05, 3.63) is 16.7 Å². The molecule has 0 amide bonds. The zero-order chi connectivity index (χ0) is 11.4. The molecule has 0 N–H and O–H groups in total. The summed E-state index contributed by atoms with van der Waals surface area (Å²) in [5.74, 6) is 1.74. The summed E-state index contributed by atoms with van der Waals surface area (Å²) in [7, 11) is 0. The van der Waals surface area contributed by atoms with E-state index < -0.39 is 0 Å². The van der Waals surface area contributed by atoms with E-state index in [-0.39, 0.29) is 0 Å². The van der Waals surface area contributed by atoms with Crippen LogP contribution in [0.2, 0.25) is 0 Å². The summed E-state index contributed by atoms with van der Waals surface area (Å²) < 4.78 is 11.7. The molecule has 1 fully saturated rings. The third-order valence-corrected chi connectivity index (χ3v) is 2.86. The van der Waals surface area contributed by atoms with Gasteiger partial charge in [0.25, 0.3) is 0 Å². The topological polar surface area (TPSA) is 34.6 Å². The van der Waals surface area contributed by atoms with Gasteiger partial charge in [-0.25, -0.2) is 4.98 Å². The van der Waals surface area contributed by atoms with Crippen molar-refractivity contribution in [2.45, 2.75) is 6.92 Å². The predicted octanol–water partition coefficient (Wildman–Crippen LogP) is 2.08. The molecule has 1 aromatic rings. The molecule has 88 valence electrons. The molecule has 0 spiro atoms. The summed E-state index contributed by atoms with van der Waals surface area (Å²) in [5, 5.41) is 0. The summed E-state index contributed by atoms with van der Waals surface area (Å²) >= 11 is 3.39. The van der Waals surface area contributed by atoms with Gasteiger partial charge in [-0.2, -0.15) is 0 Å². The van der Waals surface area contributed by atoms with Crippen LogP contribution >= 0.6 is 15.9 Å². The highest BCUT2D eigenvalue weighted by molar-refractivity contribution is 9.10. The molecule has 5 heteroatoms. The van der Waals surface area contributed by atoms with Crippen molar-refractivity contribution in [3.8, 4) is 5.75 Å². The molecule has 0 unspecified atom stereocenters. The first-order valence-corrected chi connectivity index (χ1v) is 6.22. The van der Waals surface area contributed by atoms with Gasteiger partial charge in [-0.15, -0.1) is 0 Å². The lowest BCUT2D eigenvalue weighted by atomic mass is 10.3. The molecule has 1 aliphatic rings. The van der Waals surface area contributed by atoms with Crippen LogP contribution in [0.3, 0.4) is 0 Å². The number of nitrogens with zero attached hydrogens (tertiary/aromatic N) is 2. The molecule has 16 heavy (non-hydrogen) atoms. The second kappa shape index (κ2) is 5.50. The van der Waals surface area contributed by atoms with Crippen molar-refractivity contribution >= 4 is 21.7 Å². The van der Waals surface area contributed by atoms with Gasteiger partial charge in [0.1, 0.15) is 4.60 Å². The number of hydrogen-bond acceptors (Lipinski definition) is 4. The Labute approximate surface area is 104 Å². The third-order valence-electron chi connectivity index (χ3n) is 2.42. The van der Waals surface area contributed by atoms with Gasteiger partial charge in [0.05, 0.1) is 19.8 Å². The number of halogens is 1. The summed E-state index contributed by atoms with van der Waals surface area (Å²) in [5.41, 5.74) is 0. The molecule has 0 saturated carbocycles. The minimum absolute atomic E-state index is 0.653. The van der Waals surface area contributed by atoms with Crippen LogP contribution in [0.15, 0.2) is 16.7 Å². The van der Waals surface area contributed by atoms with Gasteiger partial charge in [0.15, 0.2) is 11.6 Å². The van der Waals surface area contributed by atoms with Gasteiger partial charge >= 0.3 is 0 Å². The molecule has 0 radical (unpaired) electrons. The Kier molecular flexibility index (Phi) is 4.01. The van der Waals surface area contributed by atoms with Crippen LogP contribution in [-0.4, -0.2) is 37.9 Å². The van der Waals surface area contributed by atoms with E-state index in [1.165, 1.54) is 0 Å². The quantitative estimate of drug-likeness (QED) is 0.797. The van der Waals surface area contributed by atoms with Crippen LogP contribution in [0, 0.1) is 0 Å². The highest BCUT2D eigenvalue weighted by atomic mass is 79.9. The minimum atomic E-state index is 0.653. The summed E-state index contributed by atoms with van der Waals surface area (Å²) in [6.45, 7) is 5.86. The van der Waals surface area contributed by atoms with E-state index in [0.717, 1.165) is 42.5 Å². The van der Waals surface area contributed by atoms with Gasteiger partial charge in [0, 0.05) is 13.1 Å². The average Bonchev–Trinajstić information content (AvgIpc) is 2.33. The molecule has 1 aliphatic heterocycles. The fourth-order valence-corrected chi connectivity index (χ4v) is 1.98. The molecule has 0 atom stereocenters. The maximum atomic E-state index is 5.58. The van der Waals surface area contributed by atoms with Crippen LogP contribution in [0.5, 0.6) is 5.75 Å². The Hall–Kier alpha value is -0.810. The Balaban J connectivity index is 2.24. The fraction of sp³-hybridized carbons (Fsp3) is 0.545. The van der Waals surface area contributed by atoms with Gasteiger partial charge < -0.3 is 14.4 Å². The zero-order valence-corrected chi connectivity index (χ0v) is 10.9. The number of morpholine rings is 1. The standard InChI is InChI=1S/C11H15BrN2O2/c1-2-16-9-3-4-10(12)13-11(9)14-5-7-15-8-6-14/h3-4H,2,5-8H2,1H3. The SMILES string of the molecule is CCOc1ccc(Br)nc1N1CCOCC1. The summed E-state index contributed by atoms with van der Waals surface area (Å²) in [6, 6.07) is 3.85. The van der Waals surface area contributed by atoms with Gasteiger partial charge in [-0.1, -0.05) is 0 Å². The second-order valence-corrected chi connectivity index (χ2v) is 4.30. The Morgan fingerprint density at radius 1 is 1.44 bits per heavy atom.